The second-order valence-electron chi connectivity index (χ2n) is 7.51. The largest absolute Gasteiger partial charge is 0.421 e. The highest BCUT2D eigenvalue weighted by atomic mass is 19.4. The molecule has 3 rings (SSSR count). The highest BCUT2D eigenvalue weighted by molar-refractivity contribution is 5.75. The molecule has 0 spiro atoms. The van der Waals surface area contributed by atoms with Crippen molar-refractivity contribution in [1.29, 1.82) is 0 Å². The van der Waals surface area contributed by atoms with E-state index in [0.717, 1.165) is 55.5 Å². The first-order chi connectivity index (χ1) is 13.3. The van der Waals surface area contributed by atoms with Gasteiger partial charge in [0, 0.05) is 31.4 Å². The number of halogens is 3. The van der Waals surface area contributed by atoms with Gasteiger partial charge in [0.25, 0.3) is 5.56 Å². The maximum absolute atomic E-state index is 12.9. The van der Waals surface area contributed by atoms with Crippen LogP contribution < -0.4 is 10.9 Å². The van der Waals surface area contributed by atoms with Gasteiger partial charge in [0.15, 0.2) is 0 Å². The third-order valence-electron chi connectivity index (χ3n) is 5.72. The lowest BCUT2D eigenvalue weighted by molar-refractivity contribution is -0.139. The minimum Gasteiger partial charge on any atom is -0.379 e. The van der Waals surface area contributed by atoms with Crippen LogP contribution in [0.15, 0.2) is 23.1 Å². The number of carbonyl (C=O) groups is 1. The van der Waals surface area contributed by atoms with Crippen molar-refractivity contribution in [3.05, 3.63) is 34.2 Å². The van der Waals surface area contributed by atoms with Gasteiger partial charge in [-0.25, -0.2) is 0 Å². The van der Waals surface area contributed by atoms with Crippen LogP contribution >= 0.6 is 0 Å². The molecule has 2 aliphatic rings. The van der Waals surface area contributed by atoms with Crippen LogP contribution in [0.4, 0.5) is 13.2 Å². The lowest BCUT2D eigenvalue weighted by atomic mass is 9.79. The second kappa shape index (κ2) is 8.65. The van der Waals surface area contributed by atoms with Crippen molar-refractivity contribution in [3.63, 3.8) is 0 Å². The van der Waals surface area contributed by atoms with E-state index in [0.29, 0.717) is 19.8 Å². The highest BCUT2D eigenvalue weighted by Crippen LogP contribution is 2.33. The molecule has 6 nitrogen and oxygen atoms in total. The molecule has 0 atom stereocenters. The first-order valence-electron chi connectivity index (χ1n) is 9.68. The molecule has 0 bridgehead atoms. The number of pyridine rings is 1. The number of amides is 1. The first-order valence-corrected chi connectivity index (χ1v) is 9.68. The van der Waals surface area contributed by atoms with Gasteiger partial charge in [-0.1, -0.05) is 19.3 Å². The van der Waals surface area contributed by atoms with Crippen LogP contribution in [0.3, 0.4) is 0 Å². The zero-order valence-corrected chi connectivity index (χ0v) is 15.8. The van der Waals surface area contributed by atoms with Crippen molar-refractivity contribution in [2.75, 3.05) is 32.8 Å². The summed E-state index contributed by atoms with van der Waals surface area (Å²) < 4.78 is 44.9. The summed E-state index contributed by atoms with van der Waals surface area (Å²) in [5.41, 5.74) is -2.61. The van der Waals surface area contributed by atoms with Gasteiger partial charge in [-0.2, -0.15) is 13.2 Å². The van der Waals surface area contributed by atoms with Gasteiger partial charge in [-0.05, 0) is 25.0 Å². The molecular formula is C19H26F3N3O3. The van der Waals surface area contributed by atoms with Gasteiger partial charge in [-0.3, -0.25) is 14.5 Å². The highest BCUT2D eigenvalue weighted by Gasteiger charge is 2.39. The van der Waals surface area contributed by atoms with E-state index in [1.807, 2.05) is 0 Å². The molecule has 0 radical (unpaired) electrons. The smallest absolute Gasteiger partial charge is 0.379 e. The molecule has 1 aliphatic heterocycles. The van der Waals surface area contributed by atoms with Crippen LogP contribution in [0.5, 0.6) is 0 Å². The molecule has 28 heavy (non-hydrogen) atoms. The van der Waals surface area contributed by atoms with E-state index in [2.05, 4.69) is 10.2 Å². The molecule has 156 valence electrons. The Hall–Kier alpha value is -1.87. The molecule has 9 heteroatoms. The Morgan fingerprint density at radius 1 is 1.18 bits per heavy atom. The van der Waals surface area contributed by atoms with Crippen LogP contribution in [0.2, 0.25) is 0 Å². The summed E-state index contributed by atoms with van der Waals surface area (Å²) in [6.45, 7) is 2.94. The summed E-state index contributed by atoms with van der Waals surface area (Å²) in [7, 11) is 0. The van der Waals surface area contributed by atoms with Crippen LogP contribution in [0.1, 0.15) is 37.7 Å². The Morgan fingerprint density at radius 3 is 2.50 bits per heavy atom. The fourth-order valence-electron chi connectivity index (χ4n) is 4.20. The predicted molar refractivity (Wildman–Crippen MR) is 96.9 cm³/mol. The molecule has 1 aromatic rings. The zero-order valence-electron chi connectivity index (χ0n) is 15.8. The molecular weight excluding hydrogens is 375 g/mol. The monoisotopic (exact) mass is 401 g/mol. The minimum absolute atomic E-state index is 0.142. The topological polar surface area (TPSA) is 63.6 Å². The van der Waals surface area contributed by atoms with E-state index in [4.69, 9.17) is 4.74 Å². The number of alkyl halides is 3. The summed E-state index contributed by atoms with van der Waals surface area (Å²) >= 11 is 0. The number of hydrogen-bond acceptors (Lipinski definition) is 4. The molecule has 0 unspecified atom stereocenters. The van der Waals surface area contributed by atoms with Crippen LogP contribution in [0, 0.1) is 0 Å². The quantitative estimate of drug-likeness (QED) is 0.820. The maximum atomic E-state index is 12.9. The van der Waals surface area contributed by atoms with E-state index in [1.54, 1.807) is 0 Å². The molecule has 2 fully saturated rings. The number of hydrogen-bond donors (Lipinski definition) is 1. The number of carbonyl (C=O) groups excluding carboxylic acids is 1. The summed E-state index contributed by atoms with van der Waals surface area (Å²) in [6.07, 6.45) is 1.74. The van der Waals surface area contributed by atoms with Gasteiger partial charge < -0.3 is 14.6 Å². The van der Waals surface area contributed by atoms with Gasteiger partial charge >= 0.3 is 6.18 Å². The third-order valence-corrected chi connectivity index (χ3v) is 5.72. The summed E-state index contributed by atoms with van der Waals surface area (Å²) in [6, 6.07) is 1.86. The zero-order chi connectivity index (χ0) is 20.2. The average molecular weight is 401 g/mol. The van der Waals surface area contributed by atoms with Crippen molar-refractivity contribution in [2.45, 2.75) is 50.4 Å². The number of nitrogens with zero attached hydrogens (tertiary/aromatic N) is 2. The summed E-state index contributed by atoms with van der Waals surface area (Å²) in [5, 5.41) is 2.86. The van der Waals surface area contributed by atoms with Crippen LogP contribution in [-0.4, -0.2) is 53.8 Å². The number of morpholine rings is 1. The Labute approximate surface area is 161 Å². The average Bonchev–Trinajstić information content (AvgIpc) is 2.68. The molecule has 1 saturated heterocycles. The van der Waals surface area contributed by atoms with Crippen molar-refractivity contribution < 1.29 is 22.7 Å². The Balaban J connectivity index is 1.66. The lowest BCUT2D eigenvalue weighted by Gasteiger charge is -2.48. The molecule has 2 heterocycles. The molecule has 1 aromatic heterocycles. The Morgan fingerprint density at radius 2 is 1.86 bits per heavy atom. The van der Waals surface area contributed by atoms with Gasteiger partial charge in [0.2, 0.25) is 5.91 Å². The molecule has 1 N–H and O–H groups in total. The van der Waals surface area contributed by atoms with Gasteiger partial charge in [0.05, 0.1) is 13.2 Å². The lowest BCUT2D eigenvalue weighted by Crippen LogP contribution is -2.59. The van der Waals surface area contributed by atoms with E-state index in [-0.39, 0.29) is 5.54 Å². The Bertz CT molecular complexity index is 736. The van der Waals surface area contributed by atoms with Gasteiger partial charge in [-0.15, -0.1) is 0 Å². The van der Waals surface area contributed by atoms with Crippen LogP contribution in [-0.2, 0) is 22.3 Å². The number of nitrogens with one attached hydrogen (secondary N) is 1. The van der Waals surface area contributed by atoms with Crippen molar-refractivity contribution in [3.8, 4) is 0 Å². The summed E-state index contributed by atoms with van der Waals surface area (Å²) in [4.78, 5) is 26.8. The van der Waals surface area contributed by atoms with Crippen molar-refractivity contribution in [1.82, 2.24) is 14.8 Å². The maximum Gasteiger partial charge on any atom is 0.421 e. The van der Waals surface area contributed by atoms with E-state index in [1.165, 1.54) is 12.6 Å². The first kappa shape index (κ1) is 20.9. The van der Waals surface area contributed by atoms with Crippen molar-refractivity contribution >= 4 is 5.91 Å². The van der Waals surface area contributed by atoms with Gasteiger partial charge in [0.1, 0.15) is 12.1 Å². The number of ether oxygens (including phenoxy) is 1. The second-order valence-corrected chi connectivity index (χ2v) is 7.51. The fourth-order valence-corrected chi connectivity index (χ4v) is 4.20. The minimum atomic E-state index is -4.74. The fraction of sp³-hybridized carbons (Fsp3) is 0.684. The number of aromatic nitrogens is 1. The number of rotatable bonds is 5. The standard InChI is InChI=1S/C19H26F3N3O3/c20-19(21,22)15-5-4-8-24(17(15)27)13-16(26)23-14-18(6-2-1-3-7-18)25-9-11-28-12-10-25/h4-5,8H,1-3,6-7,9-14H2,(H,23,26). The molecule has 1 saturated carbocycles. The third kappa shape index (κ3) is 4.75. The molecule has 1 amide bonds. The normalized spacial score (nSPS) is 20.7. The van der Waals surface area contributed by atoms with Crippen LogP contribution in [0.25, 0.3) is 0 Å². The molecule has 1 aliphatic carbocycles. The molecule has 0 aromatic carbocycles. The van der Waals surface area contributed by atoms with E-state index in [9.17, 15) is 22.8 Å². The Kier molecular flexibility index (Phi) is 6.44. The predicted octanol–water partition coefficient (Wildman–Crippen LogP) is 2.02. The van der Waals surface area contributed by atoms with E-state index >= 15 is 0 Å². The van der Waals surface area contributed by atoms with Crippen molar-refractivity contribution in [2.24, 2.45) is 0 Å². The summed E-state index contributed by atoms with van der Waals surface area (Å²) in [5.74, 6) is -0.459. The SMILES string of the molecule is O=C(Cn1cccc(C(F)(F)F)c1=O)NCC1(N2CCOCC2)CCCCC1. The van der Waals surface area contributed by atoms with E-state index < -0.39 is 29.8 Å².